The van der Waals surface area contributed by atoms with Crippen LogP contribution in [0.4, 0.5) is 8.78 Å². The van der Waals surface area contributed by atoms with E-state index in [2.05, 4.69) is 5.32 Å². The van der Waals surface area contributed by atoms with Gasteiger partial charge in [0.1, 0.15) is 0 Å². The van der Waals surface area contributed by atoms with Crippen LogP contribution in [0.3, 0.4) is 0 Å². The van der Waals surface area contributed by atoms with E-state index in [1.807, 2.05) is 13.8 Å². The van der Waals surface area contributed by atoms with Crippen LogP contribution in [0, 0.1) is 17.6 Å². The fraction of sp³-hybridized carbons (Fsp3) is 0.429. The van der Waals surface area contributed by atoms with Crippen molar-refractivity contribution < 1.29 is 23.5 Å². The Morgan fingerprint density at radius 3 is 2.10 bits per heavy atom. The van der Waals surface area contributed by atoms with E-state index in [1.54, 1.807) is 6.92 Å². The molecule has 1 atom stereocenters. The van der Waals surface area contributed by atoms with Crippen molar-refractivity contribution in [1.29, 1.82) is 0 Å². The lowest BCUT2D eigenvalue weighted by Crippen LogP contribution is -2.34. The number of carbonyl (C=O) groups is 2. The van der Waals surface area contributed by atoms with Gasteiger partial charge in [-0.15, -0.1) is 0 Å². The molecule has 0 aliphatic rings. The van der Waals surface area contributed by atoms with Crippen molar-refractivity contribution >= 4 is 11.9 Å². The number of carboxylic acid groups (broad SMARTS) is 1. The van der Waals surface area contributed by atoms with Crippen LogP contribution in [-0.4, -0.2) is 23.0 Å². The van der Waals surface area contributed by atoms with Crippen LogP contribution in [0.5, 0.6) is 0 Å². The van der Waals surface area contributed by atoms with E-state index in [-0.39, 0.29) is 11.6 Å². The maximum absolute atomic E-state index is 13.2. The molecular formula is C14H17F2NO3. The first-order valence-electron chi connectivity index (χ1n) is 6.25. The van der Waals surface area contributed by atoms with E-state index in [0.29, 0.717) is 24.5 Å². The molecule has 0 aliphatic carbocycles. The number of rotatable bonds is 5. The van der Waals surface area contributed by atoms with Crippen LogP contribution >= 0.6 is 0 Å². The van der Waals surface area contributed by atoms with Gasteiger partial charge in [-0.2, -0.15) is 0 Å². The van der Waals surface area contributed by atoms with Crippen molar-refractivity contribution in [3.05, 3.63) is 34.9 Å². The third-order valence-corrected chi connectivity index (χ3v) is 2.74. The van der Waals surface area contributed by atoms with E-state index in [4.69, 9.17) is 5.11 Å². The van der Waals surface area contributed by atoms with Crippen LogP contribution in [0.15, 0.2) is 12.1 Å². The number of carboxylic acids is 1. The predicted octanol–water partition coefficient (Wildman–Crippen LogP) is 2.83. The monoisotopic (exact) mass is 285 g/mol. The first-order chi connectivity index (χ1) is 9.22. The molecule has 6 heteroatoms. The Balaban J connectivity index is 3.03. The Kier molecular flexibility index (Phi) is 5.19. The summed E-state index contributed by atoms with van der Waals surface area (Å²) >= 11 is 0. The molecule has 1 aromatic rings. The lowest BCUT2D eigenvalue weighted by Gasteiger charge is -2.16. The number of benzene rings is 1. The summed E-state index contributed by atoms with van der Waals surface area (Å²) in [4.78, 5) is 22.9. The van der Waals surface area contributed by atoms with Gasteiger partial charge < -0.3 is 10.4 Å². The number of hydrogen-bond acceptors (Lipinski definition) is 2. The van der Waals surface area contributed by atoms with Gasteiger partial charge in [0, 0.05) is 6.04 Å². The Bertz CT molecular complexity index is 529. The molecule has 0 heterocycles. The highest BCUT2D eigenvalue weighted by Crippen LogP contribution is 2.16. The molecule has 0 aromatic heterocycles. The zero-order valence-corrected chi connectivity index (χ0v) is 11.5. The molecule has 110 valence electrons. The van der Waals surface area contributed by atoms with Gasteiger partial charge in [0.05, 0.1) is 11.1 Å². The number of hydrogen-bond donors (Lipinski definition) is 2. The molecule has 0 fully saturated rings. The summed E-state index contributed by atoms with van der Waals surface area (Å²) in [6.07, 6.45) is 0.692. The van der Waals surface area contributed by atoms with Gasteiger partial charge in [-0.1, -0.05) is 13.8 Å². The fourth-order valence-electron chi connectivity index (χ4n) is 1.98. The van der Waals surface area contributed by atoms with Crippen LogP contribution in [-0.2, 0) is 0 Å². The topological polar surface area (TPSA) is 66.4 Å². The molecule has 0 saturated carbocycles. The Morgan fingerprint density at radius 2 is 1.65 bits per heavy atom. The molecule has 20 heavy (non-hydrogen) atoms. The van der Waals surface area contributed by atoms with Crippen molar-refractivity contribution in [1.82, 2.24) is 5.32 Å². The standard InChI is InChI=1S/C14H17F2NO3/c1-7(2)4-8(3)17-13(18)9-5-11(15)12(16)6-10(9)14(19)20/h5-8H,4H2,1-3H3,(H,17,18)(H,19,20). The summed E-state index contributed by atoms with van der Waals surface area (Å²) in [7, 11) is 0. The maximum Gasteiger partial charge on any atom is 0.336 e. The van der Waals surface area contributed by atoms with Crippen LogP contribution in [0.1, 0.15) is 47.9 Å². The number of halogens is 2. The molecular weight excluding hydrogens is 268 g/mol. The summed E-state index contributed by atoms with van der Waals surface area (Å²) in [6.45, 7) is 5.71. The van der Waals surface area contributed by atoms with Gasteiger partial charge in [-0.25, -0.2) is 13.6 Å². The predicted molar refractivity (Wildman–Crippen MR) is 69.7 cm³/mol. The molecule has 0 spiro atoms. The molecule has 2 N–H and O–H groups in total. The lowest BCUT2D eigenvalue weighted by molar-refractivity contribution is 0.0689. The fourth-order valence-corrected chi connectivity index (χ4v) is 1.98. The molecule has 0 radical (unpaired) electrons. The SMILES string of the molecule is CC(C)CC(C)NC(=O)c1cc(F)c(F)cc1C(=O)O. The van der Waals surface area contributed by atoms with Gasteiger partial charge in [-0.3, -0.25) is 4.79 Å². The average molecular weight is 285 g/mol. The van der Waals surface area contributed by atoms with Gasteiger partial charge in [-0.05, 0) is 31.4 Å². The van der Waals surface area contributed by atoms with Gasteiger partial charge >= 0.3 is 5.97 Å². The first-order valence-corrected chi connectivity index (χ1v) is 6.25. The number of amides is 1. The zero-order chi connectivity index (χ0) is 15.4. The number of nitrogens with one attached hydrogen (secondary N) is 1. The first kappa shape index (κ1) is 16.1. The lowest BCUT2D eigenvalue weighted by atomic mass is 10.0. The second kappa shape index (κ2) is 6.45. The van der Waals surface area contributed by atoms with Crippen LogP contribution in [0.2, 0.25) is 0 Å². The second-order valence-electron chi connectivity index (χ2n) is 5.12. The van der Waals surface area contributed by atoms with Crippen LogP contribution in [0.25, 0.3) is 0 Å². The smallest absolute Gasteiger partial charge is 0.336 e. The van der Waals surface area contributed by atoms with E-state index in [0.717, 1.165) is 0 Å². The number of carbonyl (C=O) groups excluding carboxylic acids is 1. The molecule has 1 rings (SSSR count). The van der Waals surface area contributed by atoms with Crippen LogP contribution < -0.4 is 5.32 Å². The Hall–Kier alpha value is -1.98. The minimum absolute atomic E-state index is 0.197. The Labute approximate surface area is 115 Å². The molecule has 4 nitrogen and oxygen atoms in total. The minimum Gasteiger partial charge on any atom is -0.478 e. The normalized spacial score (nSPS) is 12.3. The summed E-state index contributed by atoms with van der Waals surface area (Å²) < 4.78 is 26.2. The summed E-state index contributed by atoms with van der Waals surface area (Å²) in [5, 5.41) is 11.5. The van der Waals surface area contributed by atoms with Gasteiger partial charge in [0.2, 0.25) is 0 Å². The highest BCUT2D eigenvalue weighted by molar-refractivity contribution is 6.04. The van der Waals surface area contributed by atoms with Crippen molar-refractivity contribution in [2.75, 3.05) is 0 Å². The van der Waals surface area contributed by atoms with Gasteiger partial charge in [0.15, 0.2) is 11.6 Å². The zero-order valence-electron chi connectivity index (χ0n) is 11.5. The van der Waals surface area contributed by atoms with Crippen molar-refractivity contribution in [2.45, 2.75) is 33.2 Å². The highest BCUT2D eigenvalue weighted by atomic mass is 19.2. The van der Waals surface area contributed by atoms with E-state index in [9.17, 15) is 18.4 Å². The third kappa shape index (κ3) is 4.01. The average Bonchev–Trinajstić information content (AvgIpc) is 2.30. The summed E-state index contributed by atoms with van der Waals surface area (Å²) in [6, 6.07) is 0.924. The quantitative estimate of drug-likeness (QED) is 0.874. The maximum atomic E-state index is 13.2. The molecule has 0 aliphatic heterocycles. The molecule has 1 amide bonds. The van der Waals surface area contributed by atoms with Crippen molar-refractivity contribution in [3.8, 4) is 0 Å². The van der Waals surface area contributed by atoms with Crippen molar-refractivity contribution in [3.63, 3.8) is 0 Å². The molecule has 1 aromatic carbocycles. The Morgan fingerprint density at radius 1 is 1.15 bits per heavy atom. The van der Waals surface area contributed by atoms with E-state index >= 15 is 0 Å². The largest absolute Gasteiger partial charge is 0.478 e. The molecule has 0 saturated heterocycles. The summed E-state index contributed by atoms with van der Waals surface area (Å²) in [5.41, 5.74) is -0.940. The molecule has 0 bridgehead atoms. The van der Waals surface area contributed by atoms with Gasteiger partial charge in [0.25, 0.3) is 5.91 Å². The van der Waals surface area contributed by atoms with Crippen molar-refractivity contribution in [2.24, 2.45) is 5.92 Å². The third-order valence-electron chi connectivity index (χ3n) is 2.74. The minimum atomic E-state index is -1.48. The molecule has 1 unspecified atom stereocenters. The van der Waals surface area contributed by atoms with E-state index in [1.165, 1.54) is 0 Å². The summed E-state index contributed by atoms with van der Waals surface area (Å²) in [5.74, 6) is -4.42. The van der Waals surface area contributed by atoms with E-state index < -0.39 is 29.1 Å². The second-order valence-corrected chi connectivity index (χ2v) is 5.12. The highest BCUT2D eigenvalue weighted by Gasteiger charge is 2.21. The number of aromatic carboxylic acids is 1.